The van der Waals surface area contributed by atoms with E-state index in [2.05, 4.69) is 11.4 Å². The topological polar surface area (TPSA) is 30.9 Å². The molecule has 2 aliphatic rings. The van der Waals surface area contributed by atoms with Crippen molar-refractivity contribution < 1.29 is 13.6 Å². The lowest BCUT2D eigenvalue weighted by Crippen LogP contribution is -2.48. The van der Waals surface area contributed by atoms with E-state index in [9.17, 15) is 0 Å². The van der Waals surface area contributed by atoms with Crippen LogP contribution in [0.15, 0.2) is 0 Å². The second-order valence-electron chi connectivity index (χ2n) is 5.97. The van der Waals surface area contributed by atoms with Crippen LogP contribution in [-0.4, -0.2) is 59.5 Å². The van der Waals surface area contributed by atoms with Gasteiger partial charge in [-0.2, -0.15) is 0 Å². The molecule has 2 rings (SSSR count). The van der Waals surface area contributed by atoms with Crippen LogP contribution in [0.1, 0.15) is 32.1 Å². The van der Waals surface area contributed by atoms with Crippen molar-refractivity contribution in [3.05, 3.63) is 0 Å². The monoisotopic (exact) mass is 287 g/mol. The first kappa shape index (κ1) is 15.4. The quantitative estimate of drug-likeness (QED) is 0.746. The molecule has 4 nitrogen and oxygen atoms in total. The van der Waals surface area contributed by atoms with Gasteiger partial charge in [-0.25, -0.2) is 0 Å². The van der Waals surface area contributed by atoms with E-state index in [1.807, 2.05) is 0 Å². The number of nitrogens with zero attached hydrogens (tertiary/aromatic N) is 1. The first-order valence-electron chi connectivity index (χ1n) is 7.75. The summed E-state index contributed by atoms with van der Waals surface area (Å²) in [6.45, 7) is 7.20. The van der Waals surface area contributed by atoms with Crippen LogP contribution < -0.4 is 0 Å². The smallest absolute Gasteiger partial charge is 0.335 e. The molecule has 19 heavy (non-hydrogen) atoms. The highest BCUT2D eigenvalue weighted by Gasteiger charge is 2.35. The minimum Gasteiger partial charge on any atom is -0.398 e. The highest BCUT2D eigenvalue weighted by atomic mass is 28.4. The standard InChI is InChI=1S/C14H29NO3Si/c1-16-19(2)11-7-10-17-13-14(18-19)12-15-8-5-3-4-6-9-15/h14H,3-13H2,1-2H3. The zero-order valence-corrected chi connectivity index (χ0v) is 13.5. The Bertz CT molecular complexity index is 259. The molecule has 5 heteroatoms. The van der Waals surface area contributed by atoms with Crippen LogP contribution >= 0.6 is 0 Å². The van der Waals surface area contributed by atoms with Gasteiger partial charge in [-0.3, -0.25) is 0 Å². The van der Waals surface area contributed by atoms with Crippen LogP contribution in [0.3, 0.4) is 0 Å². The molecule has 0 aromatic carbocycles. The lowest BCUT2D eigenvalue weighted by atomic mass is 10.2. The molecule has 0 saturated carbocycles. The van der Waals surface area contributed by atoms with Crippen molar-refractivity contribution in [3.8, 4) is 0 Å². The molecule has 0 amide bonds. The third-order valence-electron chi connectivity index (χ3n) is 4.23. The molecule has 2 saturated heterocycles. The maximum absolute atomic E-state index is 6.32. The van der Waals surface area contributed by atoms with Crippen molar-refractivity contribution in [1.29, 1.82) is 0 Å². The van der Waals surface area contributed by atoms with Crippen molar-refractivity contribution in [2.24, 2.45) is 0 Å². The maximum atomic E-state index is 6.32. The van der Waals surface area contributed by atoms with E-state index >= 15 is 0 Å². The molecule has 0 aromatic rings. The highest BCUT2D eigenvalue weighted by Crippen LogP contribution is 2.21. The van der Waals surface area contributed by atoms with Gasteiger partial charge in [-0.15, -0.1) is 0 Å². The van der Waals surface area contributed by atoms with Crippen LogP contribution in [-0.2, 0) is 13.6 Å². The molecule has 0 radical (unpaired) electrons. The second kappa shape index (κ2) is 7.74. The molecule has 0 bridgehead atoms. The Morgan fingerprint density at radius 3 is 2.58 bits per heavy atom. The zero-order chi connectivity index (χ0) is 13.6. The molecular formula is C14H29NO3Si. The summed E-state index contributed by atoms with van der Waals surface area (Å²) in [6, 6.07) is 1.04. The Balaban J connectivity index is 1.88. The summed E-state index contributed by atoms with van der Waals surface area (Å²) in [5.41, 5.74) is 0. The van der Waals surface area contributed by atoms with Crippen LogP contribution in [0.4, 0.5) is 0 Å². The molecule has 0 N–H and O–H groups in total. The van der Waals surface area contributed by atoms with E-state index in [1.165, 1.54) is 38.8 Å². The molecule has 2 unspecified atom stereocenters. The van der Waals surface area contributed by atoms with Crippen LogP contribution in [0.25, 0.3) is 0 Å². The van der Waals surface area contributed by atoms with E-state index in [4.69, 9.17) is 13.6 Å². The molecule has 2 aliphatic heterocycles. The van der Waals surface area contributed by atoms with Crippen molar-refractivity contribution >= 4 is 8.56 Å². The summed E-state index contributed by atoms with van der Waals surface area (Å²) >= 11 is 0. The maximum Gasteiger partial charge on any atom is 0.335 e. The fourth-order valence-electron chi connectivity index (χ4n) is 3.00. The van der Waals surface area contributed by atoms with Gasteiger partial charge < -0.3 is 18.5 Å². The lowest BCUT2D eigenvalue weighted by Gasteiger charge is -2.35. The number of likely N-dealkylation sites (tertiary alicyclic amines) is 1. The van der Waals surface area contributed by atoms with Gasteiger partial charge in [0.05, 0.1) is 12.7 Å². The van der Waals surface area contributed by atoms with E-state index < -0.39 is 8.56 Å². The fourth-order valence-corrected chi connectivity index (χ4v) is 5.05. The summed E-state index contributed by atoms with van der Waals surface area (Å²) in [7, 11) is -0.157. The molecule has 2 heterocycles. The Kier molecular flexibility index (Phi) is 6.29. The fraction of sp³-hybridized carbons (Fsp3) is 1.00. The van der Waals surface area contributed by atoms with Gasteiger partial charge in [-0.1, -0.05) is 12.8 Å². The van der Waals surface area contributed by atoms with Crippen molar-refractivity contribution in [1.82, 2.24) is 4.90 Å². The molecule has 0 spiro atoms. The zero-order valence-electron chi connectivity index (χ0n) is 12.5. The van der Waals surface area contributed by atoms with Crippen LogP contribution in [0.5, 0.6) is 0 Å². The summed E-state index contributed by atoms with van der Waals surface area (Å²) in [6.07, 6.45) is 6.66. The van der Waals surface area contributed by atoms with Gasteiger partial charge in [0.25, 0.3) is 0 Å². The Labute approximate surface area is 118 Å². The van der Waals surface area contributed by atoms with Crippen molar-refractivity contribution in [2.45, 2.75) is 50.8 Å². The van der Waals surface area contributed by atoms with Gasteiger partial charge in [0, 0.05) is 20.3 Å². The number of ether oxygens (including phenoxy) is 1. The molecule has 2 fully saturated rings. The van der Waals surface area contributed by atoms with E-state index in [1.54, 1.807) is 7.11 Å². The average Bonchev–Trinajstić information content (AvgIpc) is 2.64. The molecule has 2 atom stereocenters. The number of hydrogen-bond donors (Lipinski definition) is 0. The third kappa shape index (κ3) is 5.15. The summed E-state index contributed by atoms with van der Waals surface area (Å²) in [5, 5.41) is 0. The van der Waals surface area contributed by atoms with Gasteiger partial charge in [0.15, 0.2) is 0 Å². The number of hydrogen-bond acceptors (Lipinski definition) is 4. The summed E-state index contributed by atoms with van der Waals surface area (Å²) in [5.74, 6) is 0. The number of rotatable bonds is 3. The minimum atomic E-state index is -1.96. The van der Waals surface area contributed by atoms with Gasteiger partial charge in [0.1, 0.15) is 0 Å². The molecule has 0 aliphatic carbocycles. The van der Waals surface area contributed by atoms with Gasteiger partial charge in [0.2, 0.25) is 0 Å². The van der Waals surface area contributed by atoms with E-state index in [-0.39, 0.29) is 6.10 Å². The summed E-state index contributed by atoms with van der Waals surface area (Å²) in [4.78, 5) is 2.55. The average molecular weight is 287 g/mol. The highest BCUT2D eigenvalue weighted by molar-refractivity contribution is 6.66. The SMILES string of the molecule is CO[Si]1(C)CCCOCC(CN2CCCCCC2)O1. The first-order valence-corrected chi connectivity index (χ1v) is 10.3. The Hall–Kier alpha value is 0.0569. The van der Waals surface area contributed by atoms with Crippen LogP contribution in [0, 0.1) is 0 Å². The van der Waals surface area contributed by atoms with E-state index in [0.29, 0.717) is 0 Å². The van der Waals surface area contributed by atoms with Crippen LogP contribution in [0.2, 0.25) is 12.6 Å². The minimum absolute atomic E-state index is 0.190. The largest absolute Gasteiger partial charge is 0.398 e. The lowest BCUT2D eigenvalue weighted by molar-refractivity contribution is 0.00124. The van der Waals surface area contributed by atoms with Gasteiger partial charge >= 0.3 is 8.56 Å². The Morgan fingerprint density at radius 2 is 1.89 bits per heavy atom. The van der Waals surface area contributed by atoms with Crippen molar-refractivity contribution in [3.63, 3.8) is 0 Å². The molecule has 0 aromatic heterocycles. The van der Waals surface area contributed by atoms with Crippen molar-refractivity contribution in [2.75, 3.05) is 40.0 Å². The molecular weight excluding hydrogens is 258 g/mol. The predicted molar refractivity (Wildman–Crippen MR) is 78.7 cm³/mol. The van der Waals surface area contributed by atoms with E-state index in [0.717, 1.165) is 32.2 Å². The Morgan fingerprint density at radius 1 is 1.16 bits per heavy atom. The normalized spacial score (nSPS) is 35.4. The molecule has 112 valence electrons. The van der Waals surface area contributed by atoms with Gasteiger partial charge in [-0.05, 0) is 44.9 Å². The second-order valence-corrected chi connectivity index (χ2v) is 9.38. The third-order valence-corrected chi connectivity index (χ3v) is 7.19. The predicted octanol–water partition coefficient (Wildman–Crippen LogP) is 2.39. The summed E-state index contributed by atoms with van der Waals surface area (Å²) < 4.78 is 17.7. The first-order chi connectivity index (χ1) is 9.22.